The van der Waals surface area contributed by atoms with Crippen LogP contribution in [0.1, 0.15) is 25.1 Å². The molecule has 0 atom stereocenters. The van der Waals surface area contributed by atoms with E-state index in [0.29, 0.717) is 5.88 Å². The molecule has 5 heteroatoms. The molecule has 1 rings (SSSR count). The van der Waals surface area contributed by atoms with Gasteiger partial charge in [-0.25, -0.2) is 0 Å². The smallest absolute Gasteiger partial charge is 0.243 e. The molecule has 1 aromatic rings. The predicted octanol–water partition coefficient (Wildman–Crippen LogP) is 2.40. The third kappa shape index (κ3) is 2.35. The van der Waals surface area contributed by atoms with Crippen LogP contribution in [0.15, 0.2) is 4.52 Å². The Morgan fingerprint density at radius 3 is 2.43 bits per heavy atom. The summed E-state index contributed by atoms with van der Waals surface area (Å²) < 4.78 is 4.35. The second kappa shape index (κ2) is 3.73. The van der Waals surface area contributed by atoms with Gasteiger partial charge in [-0.15, -0.1) is 0 Å². The number of anilines is 1. The lowest BCUT2D eigenvalue weighted by molar-refractivity contribution is -0.117. The van der Waals surface area contributed by atoms with Crippen molar-refractivity contribution < 1.29 is 9.32 Å². The number of hydrogen-bond acceptors (Lipinski definition) is 3. The number of carbonyl (C=O) groups is 1. The molecule has 1 aromatic heterocycles. The van der Waals surface area contributed by atoms with Crippen molar-refractivity contribution in [3.05, 3.63) is 11.3 Å². The molecule has 4 nitrogen and oxygen atoms in total. The molecule has 0 radical (unpaired) electrons. The van der Waals surface area contributed by atoms with Crippen LogP contribution in [0.3, 0.4) is 0 Å². The number of carbonyl (C=O) groups excluding carboxylic acids is 1. The molecule has 1 amide bonds. The van der Waals surface area contributed by atoms with E-state index in [9.17, 15) is 4.79 Å². The lowest BCUT2D eigenvalue weighted by atomic mass is 10.2. The topological polar surface area (TPSA) is 55.1 Å². The van der Waals surface area contributed by atoms with Gasteiger partial charge in [0.15, 0.2) is 0 Å². The van der Waals surface area contributed by atoms with Crippen LogP contribution in [-0.2, 0) is 4.79 Å². The molecule has 0 fully saturated rings. The zero-order chi connectivity index (χ0) is 10.9. The number of amides is 1. The highest BCUT2D eigenvalue weighted by molar-refractivity contribution is 9.10. The maximum atomic E-state index is 11.5. The number of rotatable bonds is 2. The fourth-order valence-electron chi connectivity index (χ4n) is 0.784. The van der Waals surface area contributed by atoms with Gasteiger partial charge in [-0.1, -0.05) is 21.1 Å². The fraction of sp³-hybridized carbons (Fsp3) is 0.556. The Bertz CT molecular complexity index is 352. The largest absolute Gasteiger partial charge is 0.338 e. The summed E-state index contributed by atoms with van der Waals surface area (Å²) in [4.78, 5) is 11.5. The molecule has 0 aromatic carbocycles. The molecular formula is C9H13BrN2O2. The summed E-state index contributed by atoms with van der Waals surface area (Å²) in [7, 11) is 0. The van der Waals surface area contributed by atoms with E-state index >= 15 is 0 Å². The highest BCUT2D eigenvalue weighted by atomic mass is 79.9. The van der Waals surface area contributed by atoms with Gasteiger partial charge in [0.25, 0.3) is 0 Å². The molecule has 78 valence electrons. The van der Waals surface area contributed by atoms with Crippen molar-refractivity contribution >= 4 is 27.7 Å². The van der Waals surface area contributed by atoms with E-state index < -0.39 is 4.32 Å². The molecule has 0 unspecified atom stereocenters. The Balaban J connectivity index is 2.80. The van der Waals surface area contributed by atoms with Gasteiger partial charge in [0.05, 0.1) is 10.0 Å². The minimum absolute atomic E-state index is 0.156. The van der Waals surface area contributed by atoms with Crippen molar-refractivity contribution in [3.63, 3.8) is 0 Å². The quantitative estimate of drug-likeness (QED) is 0.831. The number of aromatic nitrogens is 1. The van der Waals surface area contributed by atoms with E-state index in [-0.39, 0.29) is 5.91 Å². The van der Waals surface area contributed by atoms with Crippen LogP contribution in [0.5, 0.6) is 0 Å². The SMILES string of the molecule is Cc1noc(NC(=O)C(C)(C)Br)c1C. The molecule has 0 aliphatic rings. The first kappa shape index (κ1) is 11.2. The number of alkyl halides is 1. The lowest BCUT2D eigenvalue weighted by Crippen LogP contribution is -2.31. The first-order valence-corrected chi connectivity index (χ1v) is 5.05. The summed E-state index contributed by atoms with van der Waals surface area (Å²) >= 11 is 3.26. The molecule has 0 saturated heterocycles. The van der Waals surface area contributed by atoms with E-state index in [1.807, 2.05) is 13.8 Å². The zero-order valence-electron chi connectivity index (χ0n) is 8.64. The van der Waals surface area contributed by atoms with E-state index in [0.717, 1.165) is 11.3 Å². The number of nitrogens with one attached hydrogen (secondary N) is 1. The van der Waals surface area contributed by atoms with Gasteiger partial charge in [0.2, 0.25) is 11.8 Å². The second-order valence-corrected chi connectivity index (χ2v) is 5.63. The highest BCUT2D eigenvalue weighted by Crippen LogP contribution is 2.22. The van der Waals surface area contributed by atoms with Crippen molar-refractivity contribution in [3.8, 4) is 0 Å². The first-order valence-electron chi connectivity index (χ1n) is 4.25. The summed E-state index contributed by atoms with van der Waals surface area (Å²) in [5, 5.41) is 6.40. The van der Waals surface area contributed by atoms with Crippen LogP contribution in [0.2, 0.25) is 0 Å². The van der Waals surface area contributed by atoms with Gasteiger partial charge < -0.3 is 4.52 Å². The number of nitrogens with zero attached hydrogens (tertiary/aromatic N) is 1. The number of halogens is 1. The summed E-state index contributed by atoms with van der Waals surface area (Å²) in [6, 6.07) is 0. The Morgan fingerprint density at radius 2 is 2.07 bits per heavy atom. The van der Waals surface area contributed by atoms with Gasteiger partial charge >= 0.3 is 0 Å². The van der Waals surface area contributed by atoms with Gasteiger partial charge in [0, 0.05) is 5.56 Å². The minimum atomic E-state index is -0.611. The number of hydrogen-bond donors (Lipinski definition) is 1. The molecule has 0 aliphatic carbocycles. The molecule has 0 bridgehead atoms. The van der Waals surface area contributed by atoms with Gasteiger partial charge in [0.1, 0.15) is 0 Å². The molecule has 0 saturated carbocycles. The second-order valence-electron chi connectivity index (χ2n) is 3.65. The molecule has 0 aliphatic heterocycles. The minimum Gasteiger partial charge on any atom is -0.338 e. The van der Waals surface area contributed by atoms with Gasteiger partial charge in [-0.05, 0) is 27.7 Å². The normalized spacial score (nSPS) is 11.5. The van der Waals surface area contributed by atoms with Crippen molar-refractivity contribution in [2.24, 2.45) is 0 Å². The van der Waals surface area contributed by atoms with Crippen LogP contribution in [0.4, 0.5) is 5.88 Å². The van der Waals surface area contributed by atoms with Crippen LogP contribution < -0.4 is 5.32 Å². The van der Waals surface area contributed by atoms with Crippen molar-refractivity contribution in [1.29, 1.82) is 0 Å². The molecule has 1 N–H and O–H groups in total. The van der Waals surface area contributed by atoms with Crippen LogP contribution in [0, 0.1) is 13.8 Å². The number of aryl methyl sites for hydroxylation is 1. The summed E-state index contributed by atoms with van der Waals surface area (Å²) in [5.74, 6) is 0.261. The maximum absolute atomic E-state index is 11.5. The maximum Gasteiger partial charge on any atom is 0.243 e. The lowest BCUT2D eigenvalue weighted by Gasteiger charge is -2.14. The monoisotopic (exact) mass is 260 g/mol. The molecule has 0 spiro atoms. The van der Waals surface area contributed by atoms with Crippen LogP contribution in [0.25, 0.3) is 0 Å². The standard InChI is InChI=1S/C9H13BrN2O2/c1-5-6(2)12-14-7(5)11-8(13)9(3,4)10/h1-4H3,(H,11,13). The van der Waals surface area contributed by atoms with Crippen LogP contribution >= 0.6 is 15.9 Å². The van der Waals surface area contributed by atoms with Crippen molar-refractivity contribution in [2.75, 3.05) is 5.32 Å². The fourth-order valence-corrected chi connectivity index (χ4v) is 0.883. The summed E-state index contributed by atoms with van der Waals surface area (Å²) in [6.45, 7) is 7.21. The van der Waals surface area contributed by atoms with Crippen LogP contribution in [-0.4, -0.2) is 15.4 Å². The van der Waals surface area contributed by atoms with Gasteiger partial charge in [-0.3, -0.25) is 10.1 Å². The Hall–Kier alpha value is -0.840. The Morgan fingerprint density at radius 1 is 1.50 bits per heavy atom. The third-order valence-electron chi connectivity index (χ3n) is 1.92. The molecule has 14 heavy (non-hydrogen) atoms. The average molecular weight is 261 g/mol. The van der Waals surface area contributed by atoms with E-state index in [1.165, 1.54) is 0 Å². The summed E-state index contributed by atoms with van der Waals surface area (Å²) in [6.07, 6.45) is 0. The predicted molar refractivity (Wildman–Crippen MR) is 57.6 cm³/mol. The van der Waals surface area contributed by atoms with Crippen molar-refractivity contribution in [2.45, 2.75) is 32.0 Å². The molecule has 1 heterocycles. The zero-order valence-corrected chi connectivity index (χ0v) is 10.2. The third-order valence-corrected chi connectivity index (χ3v) is 2.28. The highest BCUT2D eigenvalue weighted by Gasteiger charge is 2.25. The first-order chi connectivity index (χ1) is 6.32. The Labute approximate surface area is 91.2 Å². The Kier molecular flexibility index (Phi) is 2.99. The van der Waals surface area contributed by atoms with Gasteiger partial charge in [-0.2, -0.15) is 0 Å². The average Bonchev–Trinajstić information content (AvgIpc) is 2.34. The van der Waals surface area contributed by atoms with E-state index in [2.05, 4.69) is 26.4 Å². The summed E-state index contributed by atoms with van der Waals surface area (Å²) in [5.41, 5.74) is 1.64. The van der Waals surface area contributed by atoms with Crippen molar-refractivity contribution in [1.82, 2.24) is 5.16 Å². The van der Waals surface area contributed by atoms with E-state index in [1.54, 1.807) is 13.8 Å². The molecular weight excluding hydrogens is 248 g/mol. The van der Waals surface area contributed by atoms with E-state index in [4.69, 9.17) is 4.52 Å².